The number of nitrogens with one attached hydrogen (secondary N) is 2. The van der Waals surface area contributed by atoms with Crippen LogP contribution in [0.25, 0.3) is 17.1 Å². The Balaban J connectivity index is 1.56. The molecule has 4 heterocycles. The van der Waals surface area contributed by atoms with Gasteiger partial charge in [-0.3, -0.25) is 15.1 Å². The molecule has 2 aliphatic rings. The number of allylic oxidation sites excluding steroid dienone is 1. The van der Waals surface area contributed by atoms with Crippen molar-refractivity contribution in [3.8, 4) is 0 Å². The van der Waals surface area contributed by atoms with Gasteiger partial charge in [-0.25, -0.2) is 14.8 Å². The number of piperazine rings is 1. The van der Waals surface area contributed by atoms with Crippen LogP contribution in [0.5, 0.6) is 0 Å². The number of carbonyl (C=O) groups is 2. The fourth-order valence-corrected chi connectivity index (χ4v) is 3.60. The molecular formula is C21H25N5O5. The highest BCUT2D eigenvalue weighted by molar-refractivity contribution is 6.26. The molecule has 10 nitrogen and oxygen atoms in total. The molecule has 3 N–H and O–H groups in total. The van der Waals surface area contributed by atoms with Crippen molar-refractivity contribution in [3.05, 3.63) is 47.3 Å². The third-order valence-electron chi connectivity index (χ3n) is 5.19. The molecule has 2 aliphatic heterocycles. The van der Waals surface area contributed by atoms with Gasteiger partial charge in [-0.1, -0.05) is 0 Å². The number of rotatable bonds is 7. The van der Waals surface area contributed by atoms with Crippen LogP contribution in [0.3, 0.4) is 0 Å². The van der Waals surface area contributed by atoms with Crippen molar-refractivity contribution in [3.63, 3.8) is 0 Å². The molecule has 31 heavy (non-hydrogen) atoms. The molecule has 0 bridgehead atoms. The lowest BCUT2D eigenvalue weighted by Gasteiger charge is -2.34. The molecule has 0 saturated carbocycles. The number of aliphatic hydroxyl groups is 1. The van der Waals surface area contributed by atoms with Crippen molar-refractivity contribution in [2.75, 3.05) is 45.9 Å². The van der Waals surface area contributed by atoms with Gasteiger partial charge in [0, 0.05) is 56.1 Å². The molecule has 0 aromatic carbocycles. The summed E-state index contributed by atoms with van der Waals surface area (Å²) in [7, 11) is 0. The van der Waals surface area contributed by atoms with E-state index in [1.54, 1.807) is 31.5 Å². The number of ether oxygens (including phenoxy) is 2. The zero-order chi connectivity index (χ0) is 21.8. The number of aromatic amines is 1. The number of esters is 1. The van der Waals surface area contributed by atoms with Crippen LogP contribution < -0.4 is 5.43 Å². The van der Waals surface area contributed by atoms with Crippen LogP contribution in [0.15, 0.2) is 41.7 Å². The van der Waals surface area contributed by atoms with Crippen molar-refractivity contribution < 1.29 is 24.2 Å². The molecule has 0 aliphatic carbocycles. The highest BCUT2D eigenvalue weighted by Gasteiger charge is 2.38. The predicted octanol–water partition coefficient (Wildman–Crippen LogP) is 0.392. The number of aromatic nitrogens is 2. The Morgan fingerprint density at radius 1 is 1.39 bits per heavy atom. The van der Waals surface area contributed by atoms with E-state index in [0.29, 0.717) is 25.3 Å². The van der Waals surface area contributed by atoms with Gasteiger partial charge < -0.3 is 19.6 Å². The number of nitrogens with zero attached hydrogens (tertiary/aromatic N) is 3. The van der Waals surface area contributed by atoms with Gasteiger partial charge >= 0.3 is 5.97 Å². The van der Waals surface area contributed by atoms with Gasteiger partial charge in [-0.05, 0) is 25.1 Å². The second-order valence-corrected chi connectivity index (χ2v) is 7.17. The Labute approximate surface area is 179 Å². The van der Waals surface area contributed by atoms with E-state index in [-0.39, 0.29) is 30.4 Å². The SMILES string of the molecule is CCOC(=O)C1=C(NN2CCN(CCO)CC2)O/C(=C\c2c[nH]c3ncccc23)C1=O. The minimum atomic E-state index is -0.724. The van der Waals surface area contributed by atoms with E-state index in [9.17, 15) is 9.59 Å². The fourth-order valence-electron chi connectivity index (χ4n) is 3.60. The molecule has 0 atom stereocenters. The largest absolute Gasteiger partial charge is 0.462 e. The summed E-state index contributed by atoms with van der Waals surface area (Å²) in [5.74, 6) is -1.14. The molecule has 10 heteroatoms. The van der Waals surface area contributed by atoms with Gasteiger partial charge in [-0.2, -0.15) is 0 Å². The first-order valence-corrected chi connectivity index (χ1v) is 10.2. The zero-order valence-corrected chi connectivity index (χ0v) is 17.3. The van der Waals surface area contributed by atoms with E-state index in [0.717, 1.165) is 24.0 Å². The molecular weight excluding hydrogens is 402 g/mol. The van der Waals surface area contributed by atoms with Crippen LogP contribution in [0.1, 0.15) is 12.5 Å². The lowest BCUT2D eigenvalue weighted by Crippen LogP contribution is -2.52. The minimum absolute atomic E-state index is 0.0363. The number of aliphatic hydroxyl groups excluding tert-OH is 1. The molecule has 164 valence electrons. The fraction of sp³-hybridized carbons (Fsp3) is 0.381. The summed E-state index contributed by atoms with van der Waals surface area (Å²) < 4.78 is 10.9. The summed E-state index contributed by atoms with van der Waals surface area (Å²) in [4.78, 5) is 34.9. The average Bonchev–Trinajstić information content (AvgIpc) is 3.31. The monoisotopic (exact) mass is 427 g/mol. The first-order chi connectivity index (χ1) is 15.1. The van der Waals surface area contributed by atoms with Crippen LogP contribution in [0.4, 0.5) is 0 Å². The molecule has 0 spiro atoms. The number of pyridine rings is 1. The molecule has 2 aromatic heterocycles. The van der Waals surface area contributed by atoms with Crippen molar-refractivity contribution in [1.82, 2.24) is 25.3 Å². The summed E-state index contributed by atoms with van der Waals surface area (Å²) in [6.45, 7) is 5.34. The maximum atomic E-state index is 13.0. The van der Waals surface area contributed by atoms with E-state index >= 15 is 0 Å². The van der Waals surface area contributed by atoms with E-state index < -0.39 is 11.8 Å². The Morgan fingerprint density at radius 3 is 2.94 bits per heavy atom. The summed E-state index contributed by atoms with van der Waals surface area (Å²) in [6.07, 6.45) is 5.00. The first kappa shape index (κ1) is 21.0. The van der Waals surface area contributed by atoms with Crippen LogP contribution in [0.2, 0.25) is 0 Å². The highest BCUT2D eigenvalue weighted by Crippen LogP contribution is 2.28. The third kappa shape index (κ3) is 4.46. The van der Waals surface area contributed by atoms with Gasteiger partial charge in [0.1, 0.15) is 5.65 Å². The molecule has 4 rings (SSSR count). The summed E-state index contributed by atoms with van der Waals surface area (Å²) in [5.41, 5.74) is 4.34. The minimum Gasteiger partial charge on any atom is -0.462 e. The Kier molecular flexibility index (Phi) is 6.31. The van der Waals surface area contributed by atoms with Gasteiger partial charge in [0.2, 0.25) is 11.7 Å². The van der Waals surface area contributed by atoms with Gasteiger partial charge in [-0.15, -0.1) is 0 Å². The van der Waals surface area contributed by atoms with Crippen LogP contribution in [-0.4, -0.2) is 82.7 Å². The van der Waals surface area contributed by atoms with E-state index in [2.05, 4.69) is 20.3 Å². The molecule has 0 unspecified atom stereocenters. The van der Waals surface area contributed by atoms with Gasteiger partial charge in [0.15, 0.2) is 11.3 Å². The molecule has 2 aromatic rings. The number of H-pyrrole nitrogens is 1. The van der Waals surface area contributed by atoms with Crippen LogP contribution in [-0.2, 0) is 19.1 Å². The second-order valence-electron chi connectivity index (χ2n) is 7.17. The predicted molar refractivity (Wildman–Crippen MR) is 112 cm³/mol. The number of fused-ring (bicyclic) bond motifs is 1. The van der Waals surface area contributed by atoms with Gasteiger partial charge in [0.25, 0.3) is 0 Å². The third-order valence-corrected chi connectivity index (χ3v) is 5.19. The maximum Gasteiger partial charge on any atom is 0.347 e. The zero-order valence-electron chi connectivity index (χ0n) is 17.3. The molecule has 0 radical (unpaired) electrons. The Bertz CT molecular complexity index is 1040. The number of carbonyl (C=O) groups excluding carboxylic acids is 2. The average molecular weight is 427 g/mol. The summed E-state index contributed by atoms with van der Waals surface area (Å²) >= 11 is 0. The standard InChI is InChI=1S/C21H25N5O5/c1-2-30-21(29)17-18(28)16(12-14-13-23-19-15(14)4-3-5-22-19)31-20(17)24-26-8-6-25(7-9-26)10-11-27/h3-5,12-13,24,27H,2,6-11H2,1H3,(H,22,23)/b16-12-. The van der Waals surface area contributed by atoms with Crippen LogP contribution in [0, 0.1) is 0 Å². The Morgan fingerprint density at radius 2 is 2.19 bits per heavy atom. The molecule has 0 amide bonds. The molecule has 1 saturated heterocycles. The second kappa shape index (κ2) is 9.29. The van der Waals surface area contributed by atoms with Crippen molar-refractivity contribution in [2.45, 2.75) is 6.92 Å². The number of hydrogen-bond donors (Lipinski definition) is 3. The number of hydrogen-bond acceptors (Lipinski definition) is 9. The lowest BCUT2D eigenvalue weighted by molar-refractivity contribution is -0.139. The number of β-amino-alcohol motifs (C(OH)–C–C–N with tert-alkyl or cyclic N) is 1. The van der Waals surface area contributed by atoms with Crippen molar-refractivity contribution >= 4 is 28.9 Å². The van der Waals surface area contributed by atoms with E-state index in [4.69, 9.17) is 14.6 Å². The van der Waals surface area contributed by atoms with E-state index in [1.807, 2.05) is 11.1 Å². The topological polar surface area (TPSA) is 120 Å². The number of hydrazine groups is 1. The van der Waals surface area contributed by atoms with E-state index in [1.165, 1.54) is 0 Å². The van der Waals surface area contributed by atoms with Crippen molar-refractivity contribution in [1.29, 1.82) is 0 Å². The Hall–Kier alpha value is -3.21. The highest BCUT2D eigenvalue weighted by atomic mass is 16.5. The lowest BCUT2D eigenvalue weighted by atomic mass is 10.1. The number of Topliss-reactive ketones (excluding diaryl/α,β-unsaturated/α-hetero) is 1. The summed E-state index contributed by atoms with van der Waals surface area (Å²) in [5, 5.41) is 11.8. The number of ketones is 1. The smallest absolute Gasteiger partial charge is 0.347 e. The quantitative estimate of drug-likeness (QED) is 0.327. The normalized spacial score (nSPS) is 19.3. The van der Waals surface area contributed by atoms with Crippen LogP contribution >= 0.6 is 0 Å². The summed E-state index contributed by atoms with van der Waals surface area (Å²) in [6, 6.07) is 3.69. The maximum absolute atomic E-state index is 13.0. The first-order valence-electron chi connectivity index (χ1n) is 10.2. The molecule has 1 fully saturated rings. The van der Waals surface area contributed by atoms with Gasteiger partial charge in [0.05, 0.1) is 13.2 Å². The van der Waals surface area contributed by atoms with Crippen molar-refractivity contribution in [2.24, 2.45) is 0 Å².